The van der Waals surface area contributed by atoms with Crippen LogP contribution in [-0.4, -0.2) is 162 Å². The number of fused-ring (bicyclic) bond motifs is 8. The van der Waals surface area contributed by atoms with Crippen molar-refractivity contribution in [2.75, 3.05) is 109 Å². The number of carbonyl (C=O) groups excluding carboxylic acids is 3. The molecule has 736 valence electrons. The van der Waals surface area contributed by atoms with E-state index >= 15 is 0 Å². The second kappa shape index (κ2) is 49.3. The fourth-order valence-corrected chi connectivity index (χ4v) is 25.1. The van der Waals surface area contributed by atoms with E-state index < -0.39 is 18.5 Å². The molecule has 3 N–H and O–H groups in total. The van der Waals surface area contributed by atoms with Crippen molar-refractivity contribution in [2.45, 2.75) is 190 Å². The maximum atomic E-state index is 13.5. The summed E-state index contributed by atoms with van der Waals surface area (Å²) < 4.78 is 17.3. The second-order valence-corrected chi connectivity index (χ2v) is 44.5. The van der Waals surface area contributed by atoms with Crippen LogP contribution < -0.4 is 106 Å². The monoisotopic (exact) mass is 2140 g/mol. The number of carboxylic acid groups (broad SMARTS) is 2. The van der Waals surface area contributed by atoms with E-state index in [1.807, 2.05) is 66.0 Å². The summed E-state index contributed by atoms with van der Waals surface area (Å²) in [6.45, 7) is 19.1. The fourth-order valence-electron chi connectivity index (χ4n) is 20.2. The number of aliphatic carboxylic acids is 2. The minimum absolute atomic E-state index is 0. The summed E-state index contributed by atoms with van der Waals surface area (Å²) in [6.07, 6.45) is 27.8. The third-order valence-electron chi connectivity index (χ3n) is 27.7. The molecule has 8 aliphatic carbocycles. The average Bonchev–Trinajstić information content (AvgIpc) is 1.22. The Morgan fingerprint density at radius 3 is 0.921 bits per heavy atom. The Hall–Kier alpha value is -6.56. The number of rotatable bonds is 33. The number of hydrogen-bond donors (Lipinski definition) is 2. The minimum Gasteiger partial charge on any atom is -0.870 e. The van der Waals surface area contributed by atoms with Crippen LogP contribution in [-0.2, 0) is 54.8 Å². The fraction of sp³-hybridized carbons (Fsp3) is 0.500. The Labute approximate surface area is 905 Å². The number of carboxylic acids is 2. The van der Waals surface area contributed by atoms with Crippen LogP contribution in [0.5, 0.6) is 0 Å². The predicted octanol–water partition coefficient (Wildman–Crippen LogP) is 15.5. The van der Waals surface area contributed by atoms with Crippen molar-refractivity contribution in [3.05, 3.63) is 158 Å². The molecule has 0 bridgehead atoms. The van der Waals surface area contributed by atoms with E-state index in [2.05, 4.69) is 63.6 Å². The number of anilines is 4. The molecule has 0 radical (unpaired) electrons. The summed E-state index contributed by atoms with van der Waals surface area (Å²) in [5.74, 6) is 9.12. The van der Waals surface area contributed by atoms with Crippen molar-refractivity contribution in [3.8, 4) is 0 Å². The molecule has 8 aliphatic rings. The number of carbonyl (C=O) groups is 4. The summed E-state index contributed by atoms with van der Waals surface area (Å²) in [6, 6.07) is 28.6. The van der Waals surface area contributed by atoms with Crippen LogP contribution >= 0.6 is 109 Å². The standard InChI is InChI=1S/C27H32ClN3O3S.2C25H28ClN3O3S.C23H26ClN3O3S.C4H7Br.2Na.H2O/c1-4-34-23(32)15-31-24-19(7-9-21(28)26(24)35-3)25(33)20-8-10-22(29-27(20)31)30(13-17-5-6-17)14-18-11-16(2)12-18;2*1-14-9-16(10-14)12-28(11-15-3-4-15)20-8-6-18-23(32)17-5-7-19(26)24(33-2)22(17)29(13-21(30)31)25(18)27-20;1-4-30-19(28)12-27-20-15(5-7-17(24)22(20)31-3)21(29)16-6-8-18(26-23(16)27)25-11-14-9-13(2)10-14;5-3-4-1-2-4;;;/h7-10,16-18H,4-6,11-15H2,1-3H3;2*5-8,14-16H,3-4,9-13H2,1-2H3,(H,30,31);5-8,13-14H,4,9-12H2,1-3H3,(H,25,26);4H,1-3H2;;;1H2/q;;;;;2*+1;/p-2. The number of hydrogen-bond acceptors (Lipinski definition) is 24. The number of pyridine rings is 8. The van der Waals surface area contributed by atoms with Gasteiger partial charge in [0.2, 0.25) is 0 Å². The van der Waals surface area contributed by atoms with Crippen LogP contribution in [0.25, 0.3) is 87.7 Å². The molecule has 25 nitrogen and oxygen atoms in total. The van der Waals surface area contributed by atoms with Crippen LogP contribution in [0.4, 0.5) is 23.3 Å². The molecule has 36 heteroatoms. The number of aromatic nitrogens is 8. The van der Waals surface area contributed by atoms with Crippen molar-refractivity contribution in [3.63, 3.8) is 0 Å². The van der Waals surface area contributed by atoms with Gasteiger partial charge in [0.25, 0.3) is 0 Å². The van der Waals surface area contributed by atoms with Gasteiger partial charge in [0, 0.05) is 72.7 Å². The predicted molar refractivity (Wildman–Crippen MR) is 566 cm³/mol. The molecule has 4 aromatic carbocycles. The largest absolute Gasteiger partial charge is 1.00 e. The smallest absolute Gasteiger partial charge is 0.870 e. The molecule has 0 amide bonds. The Balaban J connectivity index is 0.000000153. The van der Waals surface area contributed by atoms with E-state index in [0.717, 1.165) is 103 Å². The Morgan fingerprint density at radius 1 is 0.400 bits per heavy atom. The van der Waals surface area contributed by atoms with Gasteiger partial charge in [-0.05, 0) is 310 Å². The molecule has 8 aromatic heterocycles. The quantitative estimate of drug-likeness (QED) is 0.0127. The SMILES string of the molecule is BrCC1CC1.CCOC(=O)Cn1c2nc(N(CC3CC3)CC3CC(C)C3)ccc2c(=O)c2ccc(Cl)c(SC)c21.CCOC(=O)Cn1c2nc(NCC3CC(C)C3)ccc2c(=O)c2ccc(Cl)c(SC)c21.CSc1c(Cl)ccc2c(=O)c3ccc(N(CC4CC4)CC4CC(C)C4)nc3n(CC(=O)O)c12.CSc1c(Cl)ccc2c(=O)c3ccc(N(CC4CC4)CC4CC(C)C4)nc3n(CC(=O)[O-])c12.[Na+].[Na+].[OH-]. The van der Waals surface area contributed by atoms with Gasteiger partial charge in [0.05, 0.1) is 109 Å². The zero-order chi connectivity index (χ0) is 97.1. The molecule has 20 rings (SSSR count). The first kappa shape index (κ1) is 111. The van der Waals surface area contributed by atoms with Gasteiger partial charge in [-0.1, -0.05) is 90.0 Å². The summed E-state index contributed by atoms with van der Waals surface area (Å²) in [7, 11) is 0. The minimum atomic E-state index is -1.24. The normalized spacial score (nSPS) is 19.3. The van der Waals surface area contributed by atoms with Gasteiger partial charge in [-0.2, -0.15) is 0 Å². The number of nitrogens with one attached hydrogen (secondary N) is 1. The number of halogens is 5. The van der Waals surface area contributed by atoms with Gasteiger partial charge in [-0.25, -0.2) is 19.9 Å². The van der Waals surface area contributed by atoms with Gasteiger partial charge >= 0.3 is 77.0 Å². The molecule has 0 atom stereocenters. The first-order valence-corrected chi connectivity index (χ1v) is 55.6. The number of thioether (sulfide) groups is 4. The number of nitrogens with zero attached hydrogens (tertiary/aromatic N) is 11. The maximum Gasteiger partial charge on any atom is 1.00 e. The zero-order valence-corrected chi connectivity index (χ0v) is 93.6. The Morgan fingerprint density at radius 2 is 0.664 bits per heavy atom. The second-order valence-electron chi connectivity index (χ2n) is 38.9. The van der Waals surface area contributed by atoms with Gasteiger partial charge in [-0.3, -0.25) is 33.6 Å². The van der Waals surface area contributed by atoms with Crippen LogP contribution in [0.15, 0.2) is 136 Å². The van der Waals surface area contributed by atoms with E-state index in [1.165, 1.54) is 155 Å². The zero-order valence-electron chi connectivity index (χ0n) is 81.7. The van der Waals surface area contributed by atoms with E-state index in [-0.39, 0.29) is 124 Å². The molecular weight excluding hydrogens is 2020 g/mol. The number of alkyl halides is 1. The molecule has 0 aliphatic heterocycles. The first-order chi connectivity index (χ1) is 65.9. The molecule has 0 spiro atoms. The van der Waals surface area contributed by atoms with Crippen molar-refractivity contribution < 1.29 is 103 Å². The van der Waals surface area contributed by atoms with Gasteiger partial charge < -0.3 is 68.2 Å². The first-order valence-electron chi connectivity index (χ1n) is 48.0. The number of benzene rings is 4. The van der Waals surface area contributed by atoms with Gasteiger partial charge in [0.1, 0.15) is 65.5 Å². The third kappa shape index (κ3) is 25.8. The summed E-state index contributed by atoms with van der Waals surface area (Å²) >= 11 is 34.9. The molecule has 8 fully saturated rings. The van der Waals surface area contributed by atoms with Gasteiger partial charge in [-0.15, -0.1) is 47.0 Å². The van der Waals surface area contributed by atoms with Gasteiger partial charge in [0.15, 0.2) is 21.7 Å². The summed E-state index contributed by atoms with van der Waals surface area (Å²) in [5.41, 5.74) is 3.52. The molecule has 0 unspecified atom stereocenters. The average molecular weight is 2140 g/mol. The Bertz CT molecular complexity index is 6670. The van der Waals surface area contributed by atoms with Crippen LogP contribution in [0.2, 0.25) is 20.1 Å². The van der Waals surface area contributed by atoms with E-state index in [4.69, 9.17) is 75.8 Å². The van der Waals surface area contributed by atoms with Crippen molar-refractivity contribution in [1.29, 1.82) is 0 Å². The topological polar surface area (TPSA) is 321 Å². The van der Waals surface area contributed by atoms with Crippen LogP contribution in [0.3, 0.4) is 0 Å². The molecule has 140 heavy (non-hydrogen) atoms. The maximum absolute atomic E-state index is 13.5. The van der Waals surface area contributed by atoms with Crippen LogP contribution in [0, 0.1) is 71.0 Å². The number of esters is 2. The molecule has 0 saturated heterocycles. The van der Waals surface area contributed by atoms with Crippen LogP contribution in [0.1, 0.15) is 144 Å². The van der Waals surface area contributed by atoms with E-state index in [9.17, 15) is 48.6 Å². The molecule has 8 saturated carbocycles. The van der Waals surface area contributed by atoms with Crippen molar-refractivity contribution in [2.24, 2.45) is 71.0 Å². The van der Waals surface area contributed by atoms with E-state index in [0.29, 0.717) is 171 Å². The number of ether oxygens (including phenoxy) is 2. The third-order valence-corrected chi connectivity index (χ3v) is 33.6. The molecule has 8 heterocycles. The molecule has 12 aromatic rings. The van der Waals surface area contributed by atoms with E-state index in [1.54, 1.807) is 88.2 Å². The molecular formula is C104H121BrCl4N12Na2O13S4. The Kier molecular flexibility index (Phi) is 39.0. The van der Waals surface area contributed by atoms with Crippen molar-refractivity contribution in [1.82, 2.24) is 38.2 Å². The summed E-state index contributed by atoms with van der Waals surface area (Å²) in [4.78, 5) is 132. The summed E-state index contributed by atoms with van der Waals surface area (Å²) in [5, 5.41) is 31.9. The van der Waals surface area contributed by atoms with Crippen molar-refractivity contribution >= 4 is 244 Å².